The van der Waals surface area contributed by atoms with Crippen molar-refractivity contribution in [1.29, 1.82) is 0 Å². The van der Waals surface area contributed by atoms with Gasteiger partial charge in [-0.1, -0.05) is 13.0 Å². The second-order valence-electron chi connectivity index (χ2n) is 4.10. The average Bonchev–Trinajstić information content (AvgIpc) is 2.73. The Bertz CT molecular complexity index is 538. The zero-order valence-electron chi connectivity index (χ0n) is 10.3. The Balaban J connectivity index is 2.41. The number of nitrogens with one attached hydrogen (secondary N) is 1. The lowest BCUT2D eigenvalue weighted by atomic mass is 10.1. The molecule has 1 unspecified atom stereocenters. The molecule has 0 fully saturated rings. The standard InChI is InChI=1S/C14H15FINS/c1-3-17-14(13-7-4-9(2)18-13)11-6-5-10(15)8-12(11)16/h4-8,14,17H,3H2,1-2H3. The van der Waals surface area contributed by atoms with Crippen LogP contribution >= 0.6 is 33.9 Å². The molecule has 18 heavy (non-hydrogen) atoms. The van der Waals surface area contributed by atoms with Gasteiger partial charge in [-0.25, -0.2) is 4.39 Å². The fourth-order valence-electron chi connectivity index (χ4n) is 1.91. The Labute approximate surface area is 125 Å². The lowest BCUT2D eigenvalue weighted by molar-refractivity contribution is 0.614. The van der Waals surface area contributed by atoms with Gasteiger partial charge in [0.2, 0.25) is 0 Å². The maximum atomic E-state index is 13.2. The fourth-order valence-corrected chi connectivity index (χ4v) is 3.67. The van der Waals surface area contributed by atoms with E-state index in [-0.39, 0.29) is 11.9 Å². The first-order chi connectivity index (χ1) is 8.61. The predicted octanol–water partition coefficient (Wildman–Crippen LogP) is 4.50. The van der Waals surface area contributed by atoms with E-state index in [0.717, 1.165) is 15.7 Å². The molecule has 1 aromatic carbocycles. The molecule has 96 valence electrons. The maximum absolute atomic E-state index is 13.2. The fraction of sp³-hybridized carbons (Fsp3) is 0.286. The highest BCUT2D eigenvalue weighted by Crippen LogP contribution is 2.31. The molecule has 0 aliphatic heterocycles. The van der Waals surface area contributed by atoms with Crippen molar-refractivity contribution in [3.05, 3.63) is 55.0 Å². The van der Waals surface area contributed by atoms with E-state index >= 15 is 0 Å². The molecular weight excluding hydrogens is 360 g/mol. The molecule has 0 bridgehead atoms. The largest absolute Gasteiger partial charge is 0.306 e. The Hall–Kier alpha value is -0.460. The number of aryl methyl sites for hydroxylation is 1. The topological polar surface area (TPSA) is 12.0 Å². The van der Waals surface area contributed by atoms with Crippen LogP contribution < -0.4 is 5.32 Å². The molecule has 1 atom stereocenters. The van der Waals surface area contributed by atoms with Gasteiger partial charge in [-0.05, 0) is 65.9 Å². The predicted molar refractivity (Wildman–Crippen MR) is 83.7 cm³/mol. The highest BCUT2D eigenvalue weighted by atomic mass is 127. The highest BCUT2D eigenvalue weighted by Gasteiger charge is 2.17. The van der Waals surface area contributed by atoms with Crippen LogP contribution in [0.25, 0.3) is 0 Å². The third-order valence-corrected chi connectivity index (χ3v) is 4.73. The summed E-state index contributed by atoms with van der Waals surface area (Å²) in [4.78, 5) is 2.57. The van der Waals surface area contributed by atoms with Gasteiger partial charge in [-0.15, -0.1) is 11.3 Å². The van der Waals surface area contributed by atoms with Gasteiger partial charge in [-0.2, -0.15) is 0 Å². The summed E-state index contributed by atoms with van der Waals surface area (Å²) in [5.41, 5.74) is 1.14. The molecule has 4 heteroatoms. The van der Waals surface area contributed by atoms with Crippen LogP contribution in [0.3, 0.4) is 0 Å². The molecule has 0 radical (unpaired) electrons. The average molecular weight is 375 g/mol. The Morgan fingerprint density at radius 1 is 1.33 bits per heavy atom. The summed E-state index contributed by atoms with van der Waals surface area (Å²) >= 11 is 3.98. The Morgan fingerprint density at radius 3 is 2.67 bits per heavy atom. The molecule has 1 aromatic heterocycles. The van der Waals surface area contributed by atoms with Gasteiger partial charge in [0, 0.05) is 13.3 Å². The van der Waals surface area contributed by atoms with Crippen LogP contribution in [0, 0.1) is 16.3 Å². The zero-order chi connectivity index (χ0) is 13.1. The third-order valence-electron chi connectivity index (χ3n) is 2.73. The van der Waals surface area contributed by atoms with E-state index in [1.807, 2.05) is 6.07 Å². The lowest BCUT2D eigenvalue weighted by Gasteiger charge is -2.18. The molecule has 0 spiro atoms. The molecule has 2 rings (SSSR count). The van der Waals surface area contributed by atoms with Gasteiger partial charge in [0.05, 0.1) is 6.04 Å². The smallest absolute Gasteiger partial charge is 0.124 e. The van der Waals surface area contributed by atoms with Crippen LogP contribution in [-0.4, -0.2) is 6.54 Å². The summed E-state index contributed by atoms with van der Waals surface area (Å²) in [5, 5.41) is 3.47. The minimum atomic E-state index is -0.180. The van der Waals surface area contributed by atoms with Crippen LogP contribution in [0.15, 0.2) is 30.3 Å². The first-order valence-corrected chi connectivity index (χ1v) is 7.76. The molecule has 0 aliphatic carbocycles. The summed E-state index contributed by atoms with van der Waals surface area (Å²) in [7, 11) is 0. The quantitative estimate of drug-likeness (QED) is 0.776. The van der Waals surface area contributed by atoms with E-state index in [1.165, 1.54) is 15.8 Å². The van der Waals surface area contributed by atoms with Gasteiger partial charge in [0.25, 0.3) is 0 Å². The number of rotatable bonds is 4. The summed E-state index contributed by atoms with van der Waals surface area (Å²) in [5.74, 6) is -0.180. The van der Waals surface area contributed by atoms with E-state index in [1.54, 1.807) is 17.4 Å². The molecule has 0 saturated carbocycles. The minimum absolute atomic E-state index is 0.154. The summed E-state index contributed by atoms with van der Waals surface area (Å²) < 4.78 is 14.1. The molecule has 2 aromatic rings. The van der Waals surface area contributed by atoms with Crippen molar-refractivity contribution in [2.24, 2.45) is 0 Å². The molecule has 0 aliphatic rings. The Morgan fingerprint density at radius 2 is 2.11 bits per heavy atom. The van der Waals surface area contributed by atoms with Gasteiger partial charge < -0.3 is 5.32 Å². The second-order valence-corrected chi connectivity index (χ2v) is 6.59. The number of hydrogen-bond donors (Lipinski definition) is 1. The molecule has 0 amide bonds. The van der Waals surface area contributed by atoms with Crippen molar-refractivity contribution >= 4 is 33.9 Å². The van der Waals surface area contributed by atoms with Crippen LogP contribution in [0.2, 0.25) is 0 Å². The van der Waals surface area contributed by atoms with E-state index in [4.69, 9.17) is 0 Å². The van der Waals surface area contributed by atoms with Crippen LogP contribution in [0.1, 0.15) is 28.3 Å². The van der Waals surface area contributed by atoms with Gasteiger partial charge in [0.1, 0.15) is 5.82 Å². The summed E-state index contributed by atoms with van der Waals surface area (Å²) in [6, 6.07) is 9.41. The van der Waals surface area contributed by atoms with Gasteiger partial charge in [0.15, 0.2) is 0 Å². The summed E-state index contributed by atoms with van der Waals surface area (Å²) in [6.45, 7) is 5.08. The van der Waals surface area contributed by atoms with E-state index < -0.39 is 0 Å². The van der Waals surface area contributed by atoms with Gasteiger partial charge in [-0.3, -0.25) is 0 Å². The number of hydrogen-bond acceptors (Lipinski definition) is 2. The third kappa shape index (κ3) is 3.10. The first-order valence-electron chi connectivity index (χ1n) is 5.86. The second kappa shape index (κ2) is 6.12. The molecule has 1 nitrogen and oxygen atoms in total. The molecule has 1 heterocycles. The number of thiophene rings is 1. The molecule has 0 saturated heterocycles. The van der Waals surface area contributed by atoms with Crippen molar-refractivity contribution in [3.8, 4) is 0 Å². The lowest BCUT2D eigenvalue weighted by Crippen LogP contribution is -2.22. The normalized spacial score (nSPS) is 12.7. The molecular formula is C14H15FINS. The van der Waals surface area contributed by atoms with Crippen LogP contribution in [0.5, 0.6) is 0 Å². The summed E-state index contributed by atoms with van der Waals surface area (Å²) in [6.07, 6.45) is 0. The van der Waals surface area contributed by atoms with E-state index in [2.05, 4.69) is 53.9 Å². The Kier molecular flexibility index (Phi) is 4.75. The van der Waals surface area contributed by atoms with Crippen molar-refractivity contribution in [3.63, 3.8) is 0 Å². The van der Waals surface area contributed by atoms with Crippen molar-refractivity contribution < 1.29 is 4.39 Å². The maximum Gasteiger partial charge on any atom is 0.124 e. The number of halogens is 2. The van der Waals surface area contributed by atoms with Crippen molar-refractivity contribution in [2.45, 2.75) is 19.9 Å². The number of benzene rings is 1. The minimum Gasteiger partial charge on any atom is -0.306 e. The van der Waals surface area contributed by atoms with E-state index in [0.29, 0.717) is 0 Å². The SMILES string of the molecule is CCNC(c1ccc(C)s1)c1ccc(F)cc1I. The van der Waals surface area contributed by atoms with Crippen LogP contribution in [-0.2, 0) is 0 Å². The van der Waals surface area contributed by atoms with Crippen molar-refractivity contribution in [1.82, 2.24) is 5.32 Å². The highest BCUT2D eigenvalue weighted by molar-refractivity contribution is 14.1. The zero-order valence-corrected chi connectivity index (χ0v) is 13.3. The van der Waals surface area contributed by atoms with Gasteiger partial charge >= 0.3 is 0 Å². The van der Waals surface area contributed by atoms with Crippen LogP contribution in [0.4, 0.5) is 4.39 Å². The van der Waals surface area contributed by atoms with E-state index in [9.17, 15) is 4.39 Å². The van der Waals surface area contributed by atoms with Crippen molar-refractivity contribution in [2.75, 3.05) is 6.54 Å². The molecule has 1 N–H and O–H groups in total. The first kappa shape index (κ1) is 14.0. The monoisotopic (exact) mass is 375 g/mol.